The van der Waals surface area contributed by atoms with Crippen molar-refractivity contribution < 1.29 is 9.72 Å². The summed E-state index contributed by atoms with van der Waals surface area (Å²) < 4.78 is 1.65. The quantitative estimate of drug-likeness (QED) is 0.633. The summed E-state index contributed by atoms with van der Waals surface area (Å²) in [7, 11) is 0. The minimum absolute atomic E-state index is 0.0779. The molecule has 1 aliphatic rings. The van der Waals surface area contributed by atoms with Gasteiger partial charge >= 0.3 is 5.82 Å². The predicted octanol–water partition coefficient (Wildman–Crippen LogP) is 0.310. The number of carbonyl (C=O) groups excluding carboxylic acids is 1. The Morgan fingerprint density at radius 1 is 1.65 bits per heavy atom. The summed E-state index contributed by atoms with van der Waals surface area (Å²) >= 11 is 0. The van der Waals surface area contributed by atoms with Gasteiger partial charge in [-0.2, -0.15) is 0 Å². The Hall–Kier alpha value is -1.96. The fraction of sp³-hybridized carbons (Fsp3) is 0.667. The maximum Gasteiger partial charge on any atom is 0.381 e. The van der Waals surface area contributed by atoms with Crippen LogP contribution in [0.3, 0.4) is 0 Å². The average molecular weight is 281 g/mol. The summed E-state index contributed by atoms with van der Waals surface area (Å²) in [5.74, 6) is 0.457. The Bertz CT molecular complexity index is 513. The maximum absolute atomic E-state index is 12.1. The van der Waals surface area contributed by atoms with Crippen molar-refractivity contribution in [1.82, 2.24) is 19.8 Å². The number of hydrogen-bond donors (Lipinski definition) is 1. The van der Waals surface area contributed by atoms with Crippen LogP contribution in [0.1, 0.15) is 19.2 Å². The van der Waals surface area contributed by atoms with E-state index in [1.54, 1.807) is 11.5 Å². The molecule has 0 aromatic carbocycles. The molecule has 1 N–H and O–H groups in total. The van der Waals surface area contributed by atoms with Crippen molar-refractivity contribution in [3.05, 3.63) is 22.1 Å². The summed E-state index contributed by atoms with van der Waals surface area (Å²) in [4.78, 5) is 27.9. The van der Waals surface area contributed by atoms with E-state index in [9.17, 15) is 14.9 Å². The fourth-order valence-electron chi connectivity index (χ4n) is 2.34. The Morgan fingerprint density at radius 3 is 3.00 bits per heavy atom. The highest BCUT2D eigenvalue weighted by atomic mass is 16.6. The molecule has 20 heavy (non-hydrogen) atoms. The zero-order valence-corrected chi connectivity index (χ0v) is 11.7. The van der Waals surface area contributed by atoms with Crippen LogP contribution in [0, 0.1) is 17.0 Å². The summed E-state index contributed by atoms with van der Waals surface area (Å²) in [6.07, 6.45) is 1.71. The second-order valence-corrected chi connectivity index (χ2v) is 5.04. The Kier molecular flexibility index (Phi) is 4.33. The molecule has 1 aromatic heterocycles. The first-order chi connectivity index (χ1) is 9.47. The highest BCUT2D eigenvalue weighted by Crippen LogP contribution is 2.11. The van der Waals surface area contributed by atoms with Gasteiger partial charge in [-0.3, -0.25) is 4.79 Å². The van der Waals surface area contributed by atoms with Gasteiger partial charge in [-0.1, -0.05) is 0 Å². The van der Waals surface area contributed by atoms with Crippen molar-refractivity contribution in [1.29, 1.82) is 0 Å². The number of hydrogen-bond acceptors (Lipinski definition) is 5. The van der Waals surface area contributed by atoms with Gasteiger partial charge in [-0.25, -0.2) is 0 Å². The van der Waals surface area contributed by atoms with Gasteiger partial charge in [0.05, 0.1) is 0 Å². The van der Waals surface area contributed by atoms with E-state index >= 15 is 0 Å². The SMILES string of the molecule is Cc1nc([N+](=O)[O-])cn1CCC(=O)N1CCNC(C)C1. The Labute approximate surface area is 116 Å². The zero-order chi connectivity index (χ0) is 14.7. The summed E-state index contributed by atoms with van der Waals surface area (Å²) in [5.41, 5.74) is 0. The van der Waals surface area contributed by atoms with E-state index in [0.717, 1.165) is 6.54 Å². The molecule has 0 spiro atoms. The minimum atomic E-state index is -0.524. The predicted molar refractivity (Wildman–Crippen MR) is 72.3 cm³/mol. The molecule has 0 saturated carbocycles. The number of amides is 1. The van der Waals surface area contributed by atoms with E-state index in [-0.39, 0.29) is 11.7 Å². The number of aryl methyl sites for hydroxylation is 2. The van der Waals surface area contributed by atoms with Crippen LogP contribution in [0.5, 0.6) is 0 Å². The number of piperazine rings is 1. The fourth-order valence-corrected chi connectivity index (χ4v) is 2.34. The minimum Gasteiger partial charge on any atom is -0.358 e. The lowest BCUT2D eigenvalue weighted by Gasteiger charge is -2.32. The van der Waals surface area contributed by atoms with Crippen molar-refractivity contribution in [3.63, 3.8) is 0 Å². The number of carbonyl (C=O) groups is 1. The molecule has 8 heteroatoms. The number of nitrogens with one attached hydrogen (secondary N) is 1. The van der Waals surface area contributed by atoms with Crippen molar-refractivity contribution in [2.75, 3.05) is 19.6 Å². The molecule has 1 atom stereocenters. The lowest BCUT2D eigenvalue weighted by atomic mass is 10.2. The monoisotopic (exact) mass is 281 g/mol. The molecule has 1 amide bonds. The van der Waals surface area contributed by atoms with E-state index in [0.29, 0.717) is 37.9 Å². The molecule has 1 saturated heterocycles. The lowest BCUT2D eigenvalue weighted by molar-refractivity contribution is -0.389. The molecule has 1 aliphatic heterocycles. The average Bonchev–Trinajstić information content (AvgIpc) is 2.77. The van der Waals surface area contributed by atoms with E-state index in [4.69, 9.17) is 0 Å². The van der Waals surface area contributed by atoms with Gasteiger partial charge < -0.3 is 24.9 Å². The maximum atomic E-state index is 12.1. The molecule has 0 radical (unpaired) electrons. The van der Waals surface area contributed by atoms with Gasteiger partial charge in [0.15, 0.2) is 0 Å². The lowest BCUT2D eigenvalue weighted by Crippen LogP contribution is -2.51. The molecule has 2 heterocycles. The molecule has 1 aromatic rings. The first kappa shape index (κ1) is 14.4. The smallest absolute Gasteiger partial charge is 0.358 e. The van der Waals surface area contributed by atoms with Crippen LogP contribution in [0.25, 0.3) is 0 Å². The highest BCUT2D eigenvalue weighted by Gasteiger charge is 2.21. The van der Waals surface area contributed by atoms with Gasteiger partial charge in [0, 0.05) is 45.6 Å². The van der Waals surface area contributed by atoms with Crippen LogP contribution in [0.4, 0.5) is 5.82 Å². The number of imidazole rings is 1. The van der Waals surface area contributed by atoms with Crippen molar-refractivity contribution in [2.24, 2.45) is 0 Å². The molecule has 8 nitrogen and oxygen atoms in total. The van der Waals surface area contributed by atoms with Gasteiger partial charge in [0.1, 0.15) is 6.20 Å². The Balaban J connectivity index is 1.91. The zero-order valence-electron chi connectivity index (χ0n) is 11.7. The molecule has 0 bridgehead atoms. The largest absolute Gasteiger partial charge is 0.381 e. The van der Waals surface area contributed by atoms with Crippen molar-refractivity contribution in [2.45, 2.75) is 32.9 Å². The number of nitro groups is 1. The van der Waals surface area contributed by atoms with Crippen LogP contribution in [0.2, 0.25) is 0 Å². The third-order valence-electron chi connectivity index (χ3n) is 3.44. The standard InChI is InChI=1S/C12H19N5O3/c1-9-7-16(6-4-13-9)12(18)3-5-15-8-11(17(19)20)14-10(15)2/h8-9,13H,3-7H2,1-2H3. The van der Waals surface area contributed by atoms with Crippen LogP contribution in [-0.2, 0) is 11.3 Å². The number of nitrogens with zero attached hydrogens (tertiary/aromatic N) is 4. The normalized spacial score (nSPS) is 19.1. The van der Waals surface area contributed by atoms with Crippen LogP contribution >= 0.6 is 0 Å². The second kappa shape index (κ2) is 6.00. The molecule has 110 valence electrons. The first-order valence-corrected chi connectivity index (χ1v) is 6.66. The molecule has 2 rings (SSSR count). The van der Waals surface area contributed by atoms with Crippen LogP contribution in [0.15, 0.2) is 6.20 Å². The highest BCUT2D eigenvalue weighted by molar-refractivity contribution is 5.76. The molecule has 1 unspecified atom stereocenters. The molecular weight excluding hydrogens is 262 g/mol. The van der Waals surface area contributed by atoms with Gasteiger partial charge in [-0.05, 0) is 16.8 Å². The van der Waals surface area contributed by atoms with Gasteiger partial charge in [0.25, 0.3) is 0 Å². The molecule has 1 fully saturated rings. The van der Waals surface area contributed by atoms with Gasteiger partial charge in [-0.15, -0.1) is 0 Å². The van der Waals surface area contributed by atoms with Crippen LogP contribution in [-0.4, -0.2) is 51.0 Å². The third-order valence-corrected chi connectivity index (χ3v) is 3.44. The van der Waals surface area contributed by atoms with Gasteiger partial charge in [0.2, 0.25) is 11.7 Å². The van der Waals surface area contributed by atoms with Crippen molar-refractivity contribution >= 4 is 11.7 Å². The molecular formula is C12H19N5O3. The Morgan fingerprint density at radius 2 is 2.40 bits per heavy atom. The van der Waals surface area contributed by atoms with Crippen LogP contribution < -0.4 is 5.32 Å². The van der Waals surface area contributed by atoms with E-state index in [1.807, 2.05) is 11.8 Å². The summed E-state index contributed by atoms with van der Waals surface area (Å²) in [6, 6.07) is 0.309. The number of aromatic nitrogens is 2. The topological polar surface area (TPSA) is 93.3 Å². The molecule has 0 aliphatic carbocycles. The second-order valence-electron chi connectivity index (χ2n) is 5.04. The van der Waals surface area contributed by atoms with E-state index in [2.05, 4.69) is 10.3 Å². The van der Waals surface area contributed by atoms with E-state index in [1.165, 1.54) is 6.20 Å². The first-order valence-electron chi connectivity index (χ1n) is 6.66. The summed E-state index contributed by atoms with van der Waals surface area (Å²) in [6.45, 7) is 6.40. The third kappa shape index (κ3) is 3.32. The number of rotatable bonds is 4. The van der Waals surface area contributed by atoms with E-state index < -0.39 is 4.92 Å². The van der Waals surface area contributed by atoms with Crippen molar-refractivity contribution in [3.8, 4) is 0 Å². The summed E-state index contributed by atoms with van der Waals surface area (Å²) in [5, 5.41) is 13.9.